The molecule has 3 rings (SSSR count). The second-order valence-electron chi connectivity index (χ2n) is 5.13. The Labute approximate surface area is 198 Å². The topological polar surface area (TPSA) is 181 Å². The van der Waals surface area contributed by atoms with E-state index in [2.05, 4.69) is 57.1 Å². The predicted octanol–water partition coefficient (Wildman–Crippen LogP) is 2.06. The predicted molar refractivity (Wildman–Crippen MR) is 119 cm³/mol. The first-order valence-corrected chi connectivity index (χ1v) is 11.2. The molecule has 0 spiro atoms. The number of nitrogens with zero attached hydrogens (tertiary/aromatic N) is 4. The number of methoxy groups -OCH3 is 2. The summed E-state index contributed by atoms with van der Waals surface area (Å²) >= 11 is 12.2. The van der Waals surface area contributed by atoms with E-state index in [4.69, 9.17) is 38.6 Å². The van der Waals surface area contributed by atoms with Crippen molar-refractivity contribution in [2.45, 2.75) is 6.29 Å². The Kier molecular flexibility index (Phi) is 11.5. The van der Waals surface area contributed by atoms with Crippen molar-refractivity contribution in [2.75, 3.05) is 26.1 Å². The normalized spacial score (nSPS) is 10.8. The van der Waals surface area contributed by atoms with Crippen molar-refractivity contribution in [1.82, 2.24) is 24.3 Å². The SMILES string of the molecule is COC(CNc1nc(Cl)ncc1Br)OC.O=S(=O)(O)O.O=c1[nH]cc(Br)c2nccn12. The summed E-state index contributed by atoms with van der Waals surface area (Å²) < 4.78 is 44.6. The Morgan fingerprint density at radius 1 is 1.26 bits per heavy atom. The summed E-state index contributed by atoms with van der Waals surface area (Å²) in [6.07, 6.45) is 6.01. The molecule has 172 valence electrons. The van der Waals surface area contributed by atoms with Crippen LogP contribution in [0.25, 0.3) is 5.65 Å². The van der Waals surface area contributed by atoms with Gasteiger partial charge in [-0.05, 0) is 43.5 Å². The van der Waals surface area contributed by atoms with Crippen LogP contribution in [0.2, 0.25) is 5.28 Å². The lowest BCUT2D eigenvalue weighted by atomic mass is 10.5. The van der Waals surface area contributed by atoms with Gasteiger partial charge in [-0.1, -0.05) is 0 Å². The summed E-state index contributed by atoms with van der Waals surface area (Å²) in [7, 11) is -1.53. The van der Waals surface area contributed by atoms with Crippen LogP contribution in [-0.2, 0) is 19.9 Å². The Morgan fingerprint density at radius 3 is 2.42 bits per heavy atom. The molecule has 3 aromatic rings. The summed E-state index contributed by atoms with van der Waals surface area (Å²) in [4.78, 5) is 25.4. The second-order valence-corrected chi connectivity index (χ2v) is 8.07. The Morgan fingerprint density at radius 2 is 1.87 bits per heavy atom. The molecule has 0 bridgehead atoms. The molecule has 3 heterocycles. The van der Waals surface area contributed by atoms with Crippen molar-refractivity contribution in [1.29, 1.82) is 0 Å². The minimum atomic E-state index is -4.67. The van der Waals surface area contributed by atoms with E-state index >= 15 is 0 Å². The van der Waals surface area contributed by atoms with Gasteiger partial charge in [0.25, 0.3) is 0 Å². The van der Waals surface area contributed by atoms with Crippen LogP contribution < -0.4 is 11.0 Å². The number of anilines is 1. The van der Waals surface area contributed by atoms with E-state index in [9.17, 15) is 4.79 Å². The molecule has 3 aromatic heterocycles. The first-order chi connectivity index (χ1) is 14.5. The maximum atomic E-state index is 11.0. The van der Waals surface area contributed by atoms with Gasteiger partial charge in [-0.2, -0.15) is 13.4 Å². The highest BCUT2D eigenvalue weighted by Gasteiger charge is 2.08. The van der Waals surface area contributed by atoms with E-state index in [0.717, 1.165) is 8.95 Å². The Bertz CT molecular complexity index is 1130. The second kappa shape index (κ2) is 13.0. The molecule has 0 radical (unpaired) electrons. The van der Waals surface area contributed by atoms with E-state index < -0.39 is 10.4 Å². The van der Waals surface area contributed by atoms with Crippen LogP contribution in [0.15, 0.2) is 38.5 Å². The summed E-state index contributed by atoms with van der Waals surface area (Å²) in [6.45, 7) is 0.471. The number of H-pyrrole nitrogens is 1. The zero-order valence-electron chi connectivity index (χ0n) is 15.9. The number of aromatic nitrogens is 5. The standard InChI is InChI=1S/C8H11BrClN3O2.C6H4BrN3O.H2O4S/c1-14-6(15-2)4-11-7-5(9)3-12-8(10)13-7;7-4-3-9-6(11)10-2-1-8-5(4)10;1-5(2,3)4/h3,6H,4H2,1-2H3,(H,11,12,13);1-3H,(H,9,11);(H2,1,2,3,4). The van der Waals surface area contributed by atoms with Crippen molar-refractivity contribution in [3.05, 3.63) is 49.5 Å². The molecule has 0 aliphatic carbocycles. The molecule has 13 nitrogen and oxygen atoms in total. The number of fused-ring (bicyclic) bond motifs is 1. The van der Waals surface area contributed by atoms with E-state index in [1.54, 1.807) is 39.0 Å². The number of hydrogen-bond acceptors (Lipinski definition) is 9. The maximum absolute atomic E-state index is 11.0. The lowest BCUT2D eigenvalue weighted by molar-refractivity contribution is -0.0914. The monoisotopic (exact) mass is 606 g/mol. The summed E-state index contributed by atoms with van der Waals surface area (Å²) in [5.41, 5.74) is 0.453. The van der Waals surface area contributed by atoms with Crippen molar-refractivity contribution in [3.63, 3.8) is 0 Å². The largest absolute Gasteiger partial charge is 0.394 e. The fourth-order valence-corrected chi connectivity index (χ4v) is 2.69. The first-order valence-electron chi connectivity index (χ1n) is 7.83. The summed E-state index contributed by atoms with van der Waals surface area (Å²) in [6, 6.07) is 0. The lowest BCUT2D eigenvalue weighted by Gasteiger charge is -2.14. The average Bonchev–Trinajstić information content (AvgIpc) is 3.19. The molecular formula is C14H17Br2ClN6O7S. The first kappa shape index (κ1) is 27.4. The summed E-state index contributed by atoms with van der Waals surface area (Å²) in [5, 5.41) is 3.21. The molecule has 0 unspecified atom stereocenters. The minimum Gasteiger partial charge on any atom is -0.364 e. The van der Waals surface area contributed by atoms with Crippen LogP contribution in [-0.4, -0.2) is 68.9 Å². The number of aromatic amines is 1. The number of nitrogens with one attached hydrogen (secondary N) is 2. The van der Waals surface area contributed by atoms with Crippen molar-refractivity contribution < 1.29 is 27.0 Å². The van der Waals surface area contributed by atoms with Gasteiger partial charge in [0.05, 0.1) is 15.5 Å². The van der Waals surface area contributed by atoms with E-state index in [1.807, 2.05) is 0 Å². The van der Waals surface area contributed by atoms with Gasteiger partial charge in [0.1, 0.15) is 5.82 Å². The average molecular weight is 609 g/mol. The zero-order valence-corrected chi connectivity index (χ0v) is 20.6. The van der Waals surface area contributed by atoms with Crippen LogP contribution in [0.3, 0.4) is 0 Å². The number of ether oxygens (including phenoxy) is 2. The van der Waals surface area contributed by atoms with Crippen LogP contribution in [0.4, 0.5) is 5.82 Å². The fourth-order valence-electron chi connectivity index (χ4n) is 1.82. The molecular weight excluding hydrogens is 592 g/mol. The van der Waals surface area contributed by atoms with Gasteiger partial charge in [0.15, 0.2) is 11.9 Å². The number of imidazole rings is 1. The third-order valence-electron chi connectivity index (χ3n) is 3.07. The van der Waals surface area contributed by atoms with Gasteiger partial charge in [0.2, 0.25) is 5.28 Å². The zero-order chi connectivity index (χ0) is 23.6. The molecule has 0 aliphatic heterocycles. The van der Waals surface area contributed by atoms with Crippen LogP contribution in [0.1, 0.15) is 0 Å². The quantitative estimate of drug-likeness (QED) is 0.189. The molecule has 0 saturated heterocycles. The van der Waals surface area contributed by atoms with E-state index in [1.165, 1.54) is 4.40 Å². The molecule has 0 amide bonds. The van der Waals surface area contributed by atoms with Crippen molar-refractivity contribution in [3.8, 4) is 0 Å². The molecule has 31 heavy (non-hydrogen) atoms. The highest BCUT2D eigenvalue weighted by atomic mass is 79.9. The van der Waals surface area contributed by atoms with E-state index in [0.29, 0.717) is 18.0 Å². The minimum absolute atomic E-state index is 0.180. The summed E-state index contributed by atoms with van der Waals surface area (Å²) in [5.74, 6) is 0.606. The molecule has 0 atom stereocenters. The van der Waals surface area contributed by atoms with Gasteiger partial charge < -0.3 is 19.8 Å². The molecule has 0 fully saturated rings. The highest BCUT2D eigenvalue weighted by molar-refractivity contribution is 9.11. The molecule has 0 aromatic carbocycles. The third-order valence-corrected chi connectivity index (χ3v) is 4.42. The van der Waals surface area contributed by atoms with Gasteiger partial charge in [0, 0.05) is 39.0 Å². The van der Waals surface area contributed by atoms with Crippen LogP contribution >= 0.6 is 43.5 Å². The third kappa shape index (κ3) is 10.5. The molecule has 0 saturated carbocycles. The van der Waals surface area contributed by atoms with Gasteiger partial charge in [-0.15, -0.1) is 0 Å². The van der Waals surface area contributed by atoms with Crippen LogP contribution in [0, 0.1) is 0 Å². The molecule has 4 N–H and O–H groups in total. The van der Waals surface area contributed by atoms with Gasteiger partial charge in [-0.3, -0.25) is 13.5 Å². The van der Waals surface area contributed by atoms with Crippen LogP contribution in [0.5, 0.6) is 0 Å². The Hall–Kier alpha value is -1.66. The molecule has 0 aliphatic rings. The smallest absolute Gasteiger partial charge is 0.364 e. The van der Waals surface area contributed by atoms with Crippen molar-refractivity contribution in [2.24, 2.45) is 0 Å². The number of rotatable bonds is 5. The highest BCUT2D eigenvalue weighted by Crippen LogP contribution is 2.20. The van der Waals surface area contributed by atoms with Gasteiger partial charge in [-0.25, -0.2) is 14.8 Å². The number of halogens is 3. The van der Waals surface area contributed by atoms with E-state index in [-0.39, 0.29) is 17.3 Å². The Balaban J connectivity index is 0.000000262. The van der Waals surface area contributed by atoms with Crippen molar-refractivity contribution >= 4 is 65.3 Å². The molecule has 17 heteroatoms. The van der Waals surface area contributed by atoms with Gasteiger partial charge >= 0.3 is 16.1 Å². The fraction of sp³-hybridized carbons (Fsp3) is 0.286. The number of hydrogen-bond donors (Lipinski definition) is 4. The lowest BCUT2D eigenvalue weighted by Crippen LogP contribution is -2.24. The maximum Gasteiger partial charge on any atom is 0.394 e.